The highest BCUT2D eigenvalue weighted by Crippen LogP contribution is 2.28. The first-order chi connectivity index (χ1) is 6.68. The fraction of sp³-hybridized carbons (Fsp3) is 0.273. The Morgan fingerprint density at radius 1 is 1.50 bits per heavy atom. The molecule has 0 fully saturated rings. The van der Waals surface area contributed by atoms with Crippen LogP contribution in [0.4, 0.5) is 0 Å². The average Bonchev–Trinajstić information content (AvgIpc) is 2.49. The summed E-state index contributed by atoms with van der Waals surface area (Å²) in [4.78, 5) is 0. The number of para-hydroxylation sites is 1. The van der Waals surface area contributed by atoms with Crippen molar-refractivity contribution >= 4 is 26.9 Å². The molecule has 0 amide bonds. The van der Waals surface area contributed by atoms with Crippen LogP contribution in [0.3, 0.4) is 0 Å². The van der Waals surface area contributed by atoms with Gasteiger partial charge in [-0.05, 0) is 28.9 Å². The predicted octanol–water partition coefficient (Wildman–Crippen LogP) is 3.12. The number of fused-ring (bicyclic) bond motifs is 1. The van der Waals surface area contributed by atoms with Crippen LogP contribution in [0.25, 0.3) is 11.0 Å². The molecule has 1 heterocycles. The number of furan rings is 1. The molecule has 2 aromatic rings. The van der Waals surface area contributed by atoms with E-state index in [9.17, 15) is 5.11 Å². The van der Waals surface area contributed by atoms with Gasteiger partial charge in [0.1, 0.15) is 5.58 Å². The quantitative estimate of drug-likeness (QED) is 0.894. The lowest BCUT2D eigenvalue weighted by Crippen LogP contribution is -2.03. The monoisotopic (exact) mass is 254 g/mol. The molecule has 0 aliphatic carbocycles. The van der Waals surface area contributed by atoms with Crippen LogP contribution in [0.2, 0.25) is 0 Å². The second-order valence-corrected chi connectivity index (χ2v) is 4.28. The summed E-state index contributed by atoms with van der Waals surface area (Å²) in [6, 6.07) is 5.91. The van der Waals surface area contributed by atoms with Gasteiger partial charge in [0, 0.05) is 17.4 Å². The van der Waals surface area contributed by atoms with E-state index in [0.717, 1.165) is 21.0 Å². The second-order valence-electron chi connectivity index (χ2n) is 3.43. The van der Waals surface area contributed by atoms with Crippen LogP contribution in [-0.4, -0.2) is 11.2 Å². The average molecular weight is 255 g/mol. The lowest BCUT2D eigenvalue weighted by atomic mass is 10.1. The standard InChI is InChI=1S/C11H11BrO2/c1-7(13)5-8-6-14-11-9(8)3-2-4-10(11)12/h2-4,6-7,13H,5H2,1H3. The number of aliphatic hydroxyl groups is 1. The van der Waals surface area contributed by atoms with Gasteiger partial charge in [-0.3, -0.25) is 0 Å². The van der Waals surface area contributed by atoms with E-state index in [1.807, 2.05) is 18.2 Å². The molecule has 14 heavy (non-hydrogen) atoms. The number of benzene rings is 1. The number of hydrogen-bond donors (Lipinski definition) is 1. The van der Waals surface area contributed by atoms with E-state index < -0.39 is 0 Å². The summed E-state index contributed by atoms with van der Waals surface area (Å²) in [5.74, 6) is 0. The van der Waals surface area contributed by atoms with Crippen LogP contribution in [0.15, 0.2) is 33.4 Å². The number of halogens is 1. The van der Waals surface area contributed by atoms with Crippen LogP contribution >= 0.6 is 15.9 Å². The fourth-order valence-electron chi connectivity index (χ4n) is 1.55. The largest absolute Gasteiger partial charge is 0.463 e. The van der Waals surface area contributed by atoms with Crippen LogP contribution < -0.4 is 0 Å². The van der Waals surface area contributed by atoms with E-state index >= 15 is 0 Å². The molecule has 2 rings (SSSR count). The van der Waals surface area contributed by atoms with Gasteiger partial charge in [-0.1, -0.05) is 12.1 Å². The summed E-state index contributed by atoms with van der Waals surface area (Å²) in [5, 5.41) is 10.4. The zero-order valence-electron chi connectivity index (χ0n) is 7.83. The molecule has 74 valence electrons. The van der Waals surface area contributed by atoms with Crippen molar-refractivity contribution in [1.82, 2.24) is 0 Å². The summed E-state index contributed by atoms with van der Waals surface area (Å²) in [6.07, 6.45) is 2.00. The van der Waals surface area contributed by atoms with Crippen molar-refractivity contribution in [2.75, 3.05) is 0 Å². The molecule has 0 bridgehead atoms. The van der Waals surface area contributed by atoms with Gasteiger partial charge < -0.3 is 9.52 Å². The SMILES string of the molecule is CC(O)Cc1coc2c(Br)cccc12. The van der Waals surface area contributed by atoms with Crippen molar-refractivity contribution in [3.05, 3.63) is 34.5 Å². The van der Waals surface area contributed by atoms with E-state index in [0.29, 0.717) is 6.42 Å². The highest BCUT2D eigenvalue weighted by atomic mass is 79.9. The van der Waals surface area contributed by atoms with E-state index in [1.165, 1.54) is 0 Å². The Bertz CT molecular complexity index is 445. The van der Waals surface area contributed by atoms with Crippen LogP contribution in [-0.2, 0) is 6.42 Å². The van der Waals surface area contributed by atoms with Crippen molar-refractivity contribution in [2.45, 2.75) is 19.4 Å². The minimum atomic E-state index is -0.338. The molecule has 0 spiro atoms. The fourth-order valence-corrected chi connectivity index (χ4v) is 2.01. The van der Waals surface area contributed by atoms with E-state index in [4.69, 9.17) is 4.42 Å². The molecule has 0 saturated heterocycles. The molecule has 3 heteroatoms. The zero-order valence-corrected chi connectivity index (χ0v) is 9.41. The molecule has 2 nitrogen and oxygen atoms in total. The molecule has 1 atom stereocenters. The molecular weight excluding hydrogens is 244 g/mol. The van der Waals surface area contributed by atoms with Crippen molar-refractivity contribution in [1.29, 1.82) is 0 Å². The molecule has 0 saturated carbocycles. The Hall–Kier alpha value is -0.800. The molecule has 1 aromatic carbocycles. The van der Waals surface area contributed by atoms with Crippen molar-refractivity contribution in [3.8, 4) is 0 Å². The normalized spacial score (nSPS) is 13.4. The lowest BCUT2D eigenvalue weighted by Gasteiger charge is -2.00. The Balaban J connectivity index is 2.52. The Kier molecular flexibility index (Phi) is 2.61. The Morgan fingerprint density at radius 3 is 3.00 bits per heavy atom. The summed E-state index contributed by atoms with van der Waals surface area (Å²) < 4.78 is 6.37. The molecular formula is C11H11BrO2. The smallest absolute Gasteiger partial charge is 0.148 e. The number of hydrogen-bond acceptors (Lipinski definition) is 2. The topological polar surface area (TPSA) is 33.4 Å². The summed E-state index contributed by atoms with van der Waals surface area (Å²) in [7, 11) is 0. The van der Waals surface area contributed by atoms with Gasteiger partial charge in [0.05, 0.1) is 16.8 Å². The van der Waals surface area contributed by atoms with Gasteiger partial charge in [-0.15, -0.1) is 0 Å². The molecule has 0 radical (unpaired) electrons. The summed E-state index contributed by atoms with van der Waals surface area (Å²) in [6.45, 7) is 1.77. The Morgan fingerprint density at radius 2 is 2.29 bits per heavy atom. The minimum Gasteiger partial charge on any atom is -0.463 e. The minimum absolute atomic E-state index is 0.338. The first-order valence-electron chi connectivity index (χ1n) is 4.51. The molecule has 1 aromatic heterocycles. The third-order valence-corrected chi connectivity index (χ3v) is 2.77. The first kappa shape index (κ1) is 9.74. The third-order valence-electron chi connectivity index (χ3n) is 2.15. The Labute approximate surface area is 90.7 Å². The lowest BCUT2D eigenvalue weighted by molar-refractivity contribution is 0.195. The maximum absolute atomic E-state index is 9.30. The number of aliphatic hydroxyl groups excluding tert-OH is 1. The molecule has 1 unspecified atom stereocenters. The third kappa shape index (κ3) is 1.70. The van der Waals surface area contributed by atoms with Crippen LogP contribution in [0.5, 0.6) is 0 Å². The maximum Gasteiger partial charge on any atom is 0.148 e. The number of rotatable bonds is 2. The van der Waals surface area contributed by atoms with Gasteiger partial charge >= 0.3 is 0 Å². The van der Waals surface area contributed by atoms with E-state index in [-0.39, 0.29) is 6.10 Å². The van der Waals surface area contributed by atoms with Crippen LogP contribution in [0, 0.1) is 0 Å². The second kappa shape index (κ2) is 3.75. The highest BCUT2D eigenvalue weighted by molar-refractivity contribution is 9.10. The maximum atomic E-state index is 9.30. The van der Waals surface area contributed by atoms with Crippen molar-refractivity contribution < 1.29 is 9.52 Å². The predicted molar refractivity (Wildman–Crippen MR) is 59.3 cm³/mol. The van der Waals surface area contributed by atoms with Gasteiger partial charge in [-0.2, -0.15) is 0 Å². The molecule has 0 aliphatic heterocycles. The summed E-state index contributed by atoms with van der Waals surface area (Å²) >= 11 is 3.42. The van der Waals surface area contributed by atoms with Crippen molar-refractivity contribution in [3.63, 3.8) is 0 Å². The highest BCUT2D eigenvalue weighted by Gasteiger charge is 2.09. The van der Waals surface area contributed by atoms with E-state index in [2.05, 4.69) is 15.9 Å². The summed E-state index contributed by atoms with van der Waals surface area (Å²) in [5.41, 5.74) is 1.90. The van der Waals surface area contributed by atoms with E-state index in [1.54, 1.807) is 13.2 Å². The van der Waals surface area contributed by atoms with Gasteiger partial charge in [-0.25, -0.2) is 0 Å². The van der Waals surface area contributed by atoms with Gasteiger partial charge in [0.2, 0.25) is 0 Å². The van der Waals surface area contributed by atoms with Crippen LogP contribution in [0.1, 0.15) is 12.5 Å². The molecule has 0 aliphatic rings. The zero-order chi connectivity index (χ0) is 10.1. The molecule has 1 N–H and O–H groups in total. The van der Waals surface area contributed by atoms with Gasteiger partial charge in [0.25, 0.3) is 0 Å². The first-order valence-corrected chi connectivity index (χ1v) is 5.30. The van der Waals surface area contributed by atoms with Gasteiger partial charge in [0.15, 0.2) is 0 Å². The van der Waals surface area contributed by atoms with Crippen molar-refractivity contribution in [2.24, 2.45) is 0 Å².